The third-order valence-corrected chi connectivity index (χ3v) is 5.58. The van der Waals surface area contributed by atoms with E-state index in [9.17, 15) is 0 Å². The van der Waals surface area contributed by atoms with Gasteiger partial charge in [-0.25, -0.2) is 15.0 Å². The van der Waals surface area contributed by atoms with Crippen LogP contribution in [0.25, 0.3) is 11.0 Å². The Morgan fingerprint density at radius 3 is 2.39 bits per heavy atom. The molecule has 0 radical (unpaired) electrons. The Balaban J connectivity index is 1.19. The van der Waals surface area contributed by atoms with Gasteiger partial charge in [0, 0.05) is 42.6 Å². The van der Waals surface area contributed by atoms with Gasteiger partial charge < -0.3 is 15.8 Å². The van der Waals surface area contributed by atoms with Gasteiger partial charge in [-0.1, -0.05) is 0 Å². The maximum absolute atomic E-state index is 6.26. The molecule has 0 saturated heterocycles. The van der Waals surface area contributed by atoms with E-state index < -0.39 is 0 Å². The quantitative estimate of drug-likeness (QED) is 0.655. The molecule has 28 heavy (non-hydrogen) atoms. The lowest BCUT2D eigenvalue weighted by Crippen LogP contribution is -2.31. The first-order valence-electron chi connectivity index (χ1n) is 10.00. The van der Waals surface area contributed by atoms with Crippen LogP contribution in [0.1, 0.15) is 50.0 Å². The molecule has 7 nitrogen and oxygen atoms in total. The largest absolute Gasteiger partial charge is 0.488 e. The summed E-state index contributed by atoms with van der Waals surface area (Å²) in [6.07, 6.45) is 14.0. The average Bonchev–Trinajstić information content (AvgIpc) is 3.55. The lowest BCUT2D eigenvalue weighted by Gasteiger charge is -2.29. The molecule has 1 aromatic carbocycles. The maximum atomic E-state index is 6.26. The van der Waals surface area contributed by atoms with Crippen LogP contribution in [0.4, 0.5) is 11.6 Å². The molecule has 2 aliphatic carbocycles. The Morgan fingerprint density at radius 1 is 0.893 bits per heavy atom. The van der Waals surface area contributed by atoms with Crippen molar-refractivity contribution in [3.05, 3.63) is 42.5 Å². The second-order valence-corrected chi connectivity index (χ2v) is 7.79. The van der Waals surface area contributed by atoms with Gasteiger partial charge in [-0.05, 0) is 56.1 Å². The van der Waals surface area contributed by atoms with Gasteiger partial charge in [-0.15, -0.1) is 0 Å². The van der Waals surface area contributed by atoms with Crippen LogP contribution in [0, 0.1) is 0 Å². The SMILES string of the molecule is Nc1cc(OC2CCC(Nc3ncc(C4CC4)cn3)CC2)c2nccnc2c1. The molecule has 2 heterocycles. The van der Waals surface area contributed by atoms with Gasteiger partial charge in [0.25, 0.3) is 0 Å². The maximum Gasteiger partial charge on any atom is 0.222 e. The Labute approximate surface area is 163 Å². The Hall–Kier alpha value is -2.96. The van der Waals surface area contributed by atoms with E-state index in [1.807, 2.05) is 24.5 Å². The van der Waals surface area contributed by atoms with Gasteiger partial charge in [-0.2, -0.15) is 0 Å². The van der Waals surface area contributed by atoms with Gasteiger partial charge >= 0.3 is 0 Å². The standard InChI is InChI=1S/C21H24N6O/c22-15-9-18-20(24-8-7-23-18)19(10-15)28-17-5-3-16(4-6-17)27-21-25-11-14(12-26-21)13-1-2-13/h7-13,16-17H,1-6,22H2,(H,25,26,27). The molecule has 0 unspecified atom stereocenters. The third-order valence-electron chi connectivity index (χ3n) is 5.58. The molecule has 144 valence electrons. The summed E-state index contributed by atoms with van der Waals surface area (Å²) in [4.78, 5) is 17.7. The number of nitrogens with one attached hydrogen (secondary N) is 1. The minimum Gasteiger partial charge on any atom is -0.488 e. The highest BCUT2D eigenvalue weighted by molar-refractivity contribution is 5.84. The molecule has 0 bridgehead atoms. The van der Waals surface area contributed by atoms with Gasteiger partial charge in [0.1, 0.15) is 11.3 Å². The zero-order valence-corrected chi connectivity index (χ0v) is 15.7. The van der Waals surface area contributed by atoms with Crippen molar-refractivity contribution >= 4 is 22.7 Å². The summed E-state index contributed by atoms with van der Waals surface area (Å²) in [5.41, 5.74) is 9.44. The van der Waals surface area contributed by atoms with E-state index in [0.29, 0.717) is 17.6 Å². The number of hydrogen-bond acceptors (Lipinski definition) is 7. The van der Waals surface area contributed by atoms with E-state index in [2.05, 4.69) is 25.3 Å². The van der Waals surface area contributed by atoms with Gasteiger partial charge in [0.2, 0.25) is 5.95 Å². The number of ether oxygens (including phenoxy) is 1. The normalized spacial score (nSPS) is 22.1. The number of fused-ring (bicyclic) bond motifs is 1. The third kappa shape index (κ3) is 3.69. The van der Waals surface area contributed by atoms with Crippen LogP contribution in [0.5, 0.6) is 5.75 Å². The van der Waals surface area contributed by atoms with Crippen LogP contribution in [0.15, 0.2) is 36.9 Å². The van der Waals surface area contributed by atoms with Gasteiger partial charge in [0.05, 0.1) is 11.6 Å². The highest BCUT2D eigenvalue weighted by atomic mass is 16.5. The van der Waals surface area contributed by atoms with Crippen molar-refractivity contribution < 1.29 is 4.74 Å². The first kappa shape index (κ1) is 17.2. The van der Waals surface area contributed by atoms with E-state index in [1.54, 1.807) is 12.4 Å². The Kier molecular flexibility index (Phi) is 4.43. The van der Waals surface area contributed by atoms with Crippen molar-refractivity contribution in [2.75, 3.05) is 11.1 Å². The van der Waals surface area contributed by atoms with Crippen LogP contribution < -0.4 is 15.8 Å². The highest BCUT2D eigenvalue weighted by Crippen LogP contribution is 2.39. The molecule has 5 rings (SSSR count). The van der Waals surface area contributed by atoms with Crippen molar-refractivity contribution in [3.63, 3.8) is 0 Å². The molecule has 0 atom stereocenters. The summed E-state index contributed by atoms with van der Waals surface area (Å²) >= 11 is 0. The minimum absolute atomic E-state index is 0.156. The van der Waals surface area contributed by atoms with Gasteiger partial charge in [0.15, 0.2) is 0 Å². The summed E-state index contributed by atoms with van der Waals surface area (Å²) in [5.74, 6) is 2.14. The Bertz CT molecular complexity index is 964. The van der Waals surface area contributed by atoms with Crippen molar-refractivity contribution in [3.8, 4) is 5.75 Å². The van der Waals surface area contributed by atoms with Crippen LogP contribution in [-0.4, -0.2) is 32.1 Å². The van der Waals surface area contributed by atoms with E-state index >= 15 is 0 Å². The van der Waals surface area contributed by atoms with E-state index in [-0.39, 0.29) is 6.10 Å². The van der Waals surface area contributed by atoms with Crippen LogP contribution in [-0.2, 0) is 0 Å². The summed E-state index contributed by atoms with van der Waals surface area (Å²) < 4.78 is 6.26. The molecule has 2 aromatic heterocycles. The number of nitrogens with two attached hydrogens (primary N) is 1. The summed E-state index contributed by atoms with van der Waals surface area (Å²) in [7, 11) is 0. The zero-order valence-electron chi connectivity index (χ0n) is 15.7. The molecule has 2 saturated carbocycles. The van der Waals surface area contributed by atoms with E-state index in [0.717, 1.165) is 48.4 Å². The Morgan fingerprint density at radius 2 is 1.64 bits per heavy atom. The lowest BCUT2D eigenvalue weighted by molar-refractivity contribution is 0.152. The topological polar surface area (TPSA) is 98.8 Å². The summed E-state index contributed by atoms with van der Waals surface area (Å²) in [5, 5.41) is 3.47. The predicted molar refractivity (Wildman–Crippen MR) is 108 cm³/mol. The molecule has 0 aliphatic heterocycles. The first-order valence-corrected chi connectivity index (χ1v) is 10.00. The molecule has 3 aromatic rings. The second kappa shape index (κ2) is 7.22. The monoisotopic (exact) mass is 376 g/mol. The smallest absolute Gasteiger partial charge is 0.222 e. The fraction of sp³-hybridized carbons (Fsp3) is 0.429. The van der Waals surface area contributed by atoms with Crippen molar-refractivity contribution in [1.29, 1.82) is 0 Å². The molecule has 0 amide bonds. The molecule has 2 aliphatic rings. The van der Waals surface area contributed by atoms with E-state index in [1.165, 1.54) is 18.4 Å². The number of hydrogen-bond donors (Lipinski definition) is 2. The second-order valence-electron chi connectivity index (χ2n) is 7.79. The zero-order chi connectivity index (χ0) is 18.9. The van der Waals surface area contributed by atoms with Crippen molar-refractivity contribution in [2.45, 2.75) is 56.6 Å². The number of nitrogens with zero attached hydrogens (tertiary/aromatic N) is 4. The van der Waals surface area contributed by atoms with Crippen LogP contribution in [0.2, 0.25) is 0 Å². The number of nitrogen functional groups attached to an aromatic ring is 1. The molecule has 0 spiro atoms. The summed E-state index contributed by atoms with van der Waals surface area (Å²) in [6.45, 7) is 0. The van der Waals surface area contributed by atoms with Crippen LogP contribution >= 0.6 is 0 Å². The fourth-order valence-corrected chi connectivity index (χ4v) is 3.88. The van der Waals surface area contributed by atoms with Crippen LogP contribution in [0.3, 0.4) is 0 Å². The molecule has 7 heteroatoms. The molecular weight excluding hydrogens is 352 g/mol. The lowest BCUT2D eigenvalue weighted by atomic mass is 9.93. The van der Waals surface area contributed by atoms with Crippen molar-refractivity contribution in [2.24, 2.45) is 0 Å². The average molecular weight is 376 g/mol. The van der Waals surface area contributed by atoms with E-state index in [4.69, 9.17) is 10.5 Å². The number of aromatic nitrogens is 4. The molecular formula is C21H24N6O. The minimum atomic E-state index is 0.156. The number of benzene rings is 1. The predicted octanol–water partition coefficient (Wildman–Crippen LogP) is 3.68. The first-order chi connectivity index (χ1) is 13.7. The number of anilines is 2. The van der Waals surface area contributed by atoms with Crippen molar-refractivity contribution in [1.82, 2.24) is 19.9 Å². The fourth-order valence-electron chi connectivity index (χ4n) is 3.88. The number of rotatable bonds is 5. The highest BCUT2D eigenvalue weighted by Gasteiger charge is 2.25. The molecule has 2 fully saturated rings. The molecule has 3 N–H and O–H groups in total. The summed E-state index contributed by atoms with van der Waals surface area (Å²) in [6, 6.07) is 4.05. The van der Waals surface area contributed by atoms with Gasteiger partial charge in [-0.3, -0.25) is 4.98 Å².